The molecule has 23 heavy (non-hydrogen) atoms. The summed E-state index contributed by atoms with van der Waals surface area (Å²) in [5, 5.41) is 20.0. The lowest BCUT2D eigenvalue weighted by molar-refractivity contribution is -0.131. The normalized spacial score (nSPS) is 39.7. The summed E-state index contributed by atoms with van der Waals surface area (Å²) in [6.07, 6.45) is 6.79. The first-order valence-electron chi connectivity index (χ1n) is 8.88. The van der Waals surface area contributed by atoms with E-state index in [2.05, 4.69) is 27.4 Å². The molecule has 0 aliphatic heterocycles. The van der Waals surface area contributed by atoms with Crippen LogP contribution in [0.5, 0.6) is 0 Å². The van der Waals surface area contributed by atoms with Crippen LogP contribution in [0, 0.1) is 22.7 Å². The van der Waals surface area contributed by atoms with Crippen molar-refractivity contribution in [1.29, 1.82) is 0 Å². The average Bonchev–Trinajstić information content (AvgIpc) is 2.44. The van der Waals surface area contributed by atoms with E-state index in [-0.39, 0.29) is 10.8 Å². The van der Waals surface area contributed by atoms with Gasteiger partial charge in [0.05, 0.1) is 6.10 Å². The summed E-state index contributed by atoms with van der Waals surface area (Å²) >= 11 is 0. The number of aliphatic hydroxyl groups is 1. The van der Waals surface area contributed by atoms with E-state index in [0.29, 0.717) is 18.3 Å². The quantitative estimate of drug-likeness (QED) is 0.589. The van der Waals surface area contributed by atoms with Crippen molar-refractivity contribution in [2.24, 2.45) is 22.7 Å². The van der Waals surface area contributed by atoms with Gasteiger partial charge in [0.2, 0.25) is 0 Å². The summed E-state index contributed by atoms with van der Waals surface area (Å²) in [7, 11) is 0. The fourth-order valence-corrected chi connectivity index (χ4v) is 5.24. The van der Waals surface area contributed by atoms with Crippen molar-refractivity contribution in [1.82, 2.24) is 0 Å². The number of allylic oxidation sites excluding steroid dienone is 1. The highest BCUT2D eigenvalue weighted by molar-refractivity contribution is 5.80. The average molecular weight is 320 g/mol. The van der Waals surface area contributed by atoms with Gasteiger partial charge in [0.25, 0.3) is 0 Å². The third kappa shape index (κ3) is 3.13. The molecule has 5 atom stereocenters. The number of hydrogen-bond donors (Lipinski definition) is 2. The minimum atomic E-state index is -0.938. The van der Waals surface area contributed by atoms with Gasteiger partial charge < -0.3 is 10.2 Å². The lowest BCUT2D eigenvalue weighted by Gasteiger charge is -2.60. The molecule has 0 heterocycles. The molecule has 2 saturated carbocycles. The number of carboxylic acid groups (broad SMARTS) is 1. The van der Waals surface area contributed by atoms with Crippen LogP contribution >= 0.6 is 0 Å². The monoisotopic (exact) mass is 320 g/mol. The molecule has 0 saturated heterocycles. The molecule has 0 amide bonds. The number of rotatable bonds is 4. The van der Waals surface area contributed by atoms with Gasteiger partial charge in [-0.3, -0.25) is 0 Å². The van der Waals surface area contributed by atoms with Crippen LogP contribution in [0.1, 0.15) is 66.2 Å². The summed E-state index contributed by atoms with van der Waals surface area (Å²) in [6, 6.07) is 0. The summed E-state index contributed by atoms with van der Waals surface area (Å²) in [5.74, 6) is -0.0841. The Kier molecular flexibility index (Phi) is 5.10. The van der Waals surface area contributed by atoms with E-state index < -0.39 is 12.1 Å². The van der Waals surface area contributed by atoms with E-state index in [4.69, 9.17) is 5.11 Å². The Hall–Kier alpha value is -1.09. The molecular weight excluding hydrogens is 288 g/mol. The summed E-state index contributed by atoms with van der Waals surface area (Å²) in [4.78, 5) is 10.9. The summed E-state index contributed by atoms with van der Waals surface area (Å²) < 4.78 is 0. The van der Waals surface area contributed by atoms with Crippen molar-refractivity contribution in [2.75, 3.05) is 0 Å². The zero-order chi connectivity index (χ0) is 17.4. The lowest BCUT2D eigenvalue weighted by Crippen LogP contribution is -2.55. The topological polar surface area (TPSA) is 57.5 Å². The molecule has 0 aromatic rings. The Morgan fingerprint density at radius 3 is 2.70 bits per heavy atom. The van der Waals surface area contributed by atoms with E-state index in [0.717, 1.165) is 37.7 Å². The van der Waals surface area contributed by atoms with E-state index in [1.54, 1.807) is 6.92 Å². The smallest absolute Gasteiger partial charge is 0.328 e. The van der Waals surface area contributed by atoms with E-state index in [1.807, 2.05) is 0 Å². The highest BCUT2D eigenvalue weighted by Crippen LogP contribution is 2.62. The molecule has 2 N–H and O–H groups in total. The Balaban J connectivity index is 2.32. The van der Waals surface area contributed by atoms with Crippen LogP contribution in [0.15, 0.2) is 23.8 Å². The maximum Gasteiger partial charge on any atom is 0.328 e. The third-order valence-corrected chi connectivity index (χ3v) is 7.06. The second-order valence-corrected chi connectivity index (χ2v) is 8.32. The molecule has 0 spiro atoms. The molecule has 3 nitrogen and oxygen atoms in total. The van der Waals surface area contributed by atoms with Gasteiger partial charge in [-0.2, -0.15) is 0 Å². The van der Waals surface area contributed by atoms with Crippen LogP contribution in [0.2, 0.25) is 0 Å². The Labute approximate surface area is 140 Å². The summed E-state index contributed by atoms with van der Waals surface area (Å²) in [6.45, 7) is 12.9. The van der Waals surface area contributed by atoms with Crippen molar-refractivity contribution in [3.8, 4) is 0 Å². The summed E-state index contributed by atoms with van der Waals surface area (Å²) in [5.41, 5.74) is 2.01. The Morgan fingerprint density at radius 2 is 2.09 bits per heavy atom. The molecule has 3 heteroatoms. The fourth-order valence-electron chi connectivity index (χ4n) is 5.24. The number of aliphatic carboxylic acids is 1. The van der Waals surface area contributed by atoms with Gasteiger partial charge in [-0.1, -0.05) is 38.5 Å². The fraction of sp³-hybridized carbons (Fsp3) is 0.750. The van der Waals surface area contributed by atoms with Crippen LogP contribution in [0.3, 0.4) is 0 Å². The number of carboxylic acids is 1. The van der Waals surface area contributed by atoms with Gasteiger partial charge in [0.15, 0.2) is 0 Å². The lowest BCUT2D eigenvalue weighted by atomic mass is 9.45. The van der Waals surface area contributed by atoms with Crippen molar-refractivity contribution >= 4 is 5.97 Å². The van der Waals surface area contributed by atoms with Crippen LogP contribution in [-0.2, 0) is 4.79 Å². The highest BCUT2D eigenvalue weighted by atomic mass is 16.4. The predicted molar refractivity (Wildman–Crippen MR) is 93.1 cm³/mol. The number of aliphatic hydroxyl groups excluding tert-OH is 1. The molecule has 5 unspecified atom stereocenters. The predicted octanol–water partition coefficient (Wildman–Crippen LogP) is 4.57. The zero-order valence-electron chi connectivity index (χ0n) is 15.1. The van der Waals surface area contributed by atoms with E-state index in [9.17, 15) is 9.90 Å². The maximum atomic E-state index is 11.1. The molecule has 0 radical (unpaired) electrons. The highest BCUT2D eigenvalue weighted by Gasteiger charge is 2.56. The van der Waals surface area contributed by atoms with E-state index >= 15 is 0 Å². The second kappa shape index (κ2) is 6.43. The third-order valence-electron chi connectivity index (χ3n) is 7.06. The largest absolute Gasteiger partial charge is 0.478 e. The van der Waals surface area contributed by atoms with Gasteiger partial charge in [-0.15, -0.1) is 0 Å². The Morgan fingerprint density at radius 1 is 1.43 bits per heavy atom. The van der Waals surface area contributed by atoms with Crippen molar-refractivity contribution in [3.63, 3.8) is 0 Å². The molecule has 2 fully saturated rings. The maximum absolute atomic E-state index is 11.1. The van der Waals surface area contributed by atoms with E-state index in [1.165, 1.54) is 11.6 Å². The molecule has 0 bridgehead atoms. The molecular formula is C20H32O3. The SMILES string of the molecule is C=C1CCCC2C1(C)CCC(C)C2(C)C(O)CC(C)=CC(=O)O. The van der Waals surface area contributed by atoms with Crippen LogP contribution < -0.4 is 0 Å². The molecule has 130 valence electrons. The van der Waals surface area contributed by atoms with Crippen LogP contribution in [0.25, 0.3) is 0 Å². The van der Waals surface area contributed by atoms with Crippen molar-refractivity contribution in [2.45, 2.75) is 72.3 Å². The van der Waals surface area contributed by atoms with Gasteiger partial charge in [0.1, 0.15) is 0 Å². The van der Waals surface area contributed by atoms with Crippen molar-refractivity contribution in [3.05, 3.63) is 23.8 Å². The van der Waals surface area contributed by atoms with Gasteiger partial charge in [-0.05, 0) is 68.1 Å². The molecule has 2 aliphatic rings. The second-order valence-electron chi connectivity index (χ2n) is 8.32. The van der Waals surface area contributed by atoms with Gasteiger partial charge in [-0.25, -0.2) is 4.79 Å². The first-order valence-corrected chi connectivity index (χ1v) is 8.88. The number of hydrogen-bond acceptors (Lipinski definition) is 2. The van der Waals surface area contributed by atoms with Crippen molar-refractivity contribution < 1.29 is 15.0 Å². The molecule has 2 aliphatic carbocycles. The molecule has 0 aromatic heterocycles. The number of fused-ring (bicyclic) bond motifs is 1. The van der Waals surface area contributed by atoms with Gasteiger partial charge in [0, 0.05) is 6.08 Å². The zero-order valence-corrected chi connectivity index (χ0v) is 15.1. The first-order chi connectivity index (χ1) is 10.6. The van der Waals surface area contributed by atoms with Crippen LogP contribution in [-0.4, -0.2) is 22.3 Å². The minimum absolute atomic E-state index is 0.116. The van der Waals surface area contributed by atoms with Gasteiger partial charge >= 0.3 is 5.97 Å². The molecule has 2 rings (SSSR count). The number of carbonyl (C=O) groups is 1. The molecule has 0 aromatic carbocycles. The standard InChI is InChI=1S/C20H32O3/c1-13(12-18(22)23)11-17(21)20(5)15(3)9-10-19(4)14(2)7-6-8-16(19)20/h12,15-17,21H,2,6-11H2,1,3-5H3,(H,22,23). The first kappa shape index (κ1) is 18.3. The van der Waals surface area contributed by atoms with Crippen LogP contribution in [0.4, 0.5) is 0 Å². The Bertz CT molecular complexity index is 521. The minimum Gasteiger partial charge on any atom is -0.478 e.